The van der Waals surface area contributed by atoms with Crippen LogP contribution in [0.15, 0.2) is 6.20 Å². The Kier molecular flexibility index (Phi) is 4.28. The lowest BCUT2D eigenvalue weighted by atomic mass is 9.93. The lowest BCUT2D eigenvalue weighted by molar-refractivity contribution is 0.0700. The molecule has 0 saturated carbocycles. The van der Waals surface area contributed by atoms with Crippen LogP contribution in [0.25, 0.3) is 0 Å². The zero-order valence-electron chi connectivity index (χ0n) is 11.1. The van der Waals surface area contributed by atoms with Crippen LogP contribution in [-0.2, 0) is 0 Å². The summed E-state index contributed by atoms with van der Waals surface area (Å²) in [5, 5.41) is 6.66. The standard InChI is InChI=1S/C12H22N4O/c1-5-16(8-12(3,4)7-13)11(17)10-6-14-15-9(10)2/h6H,5,7-8,13H2,1-4H3,(H,14,15). The number of aromatic nitrogens is 2. The van der Waals surface area contributed by atoms with Crippen molar-refractivity contribution in [3.8, 4) is 0 Å². The van der Waals surface area contributed by atoms with Gasteiger partial charge in [-0.3, -0.25) is 9.89 Å². The Hall–Kier alpha value is -1.36. The van der Waals surface area contributed by atoms with Crippen LogP contribution in [0.4, 0.5) is 0 Å². The first-order valence-electron chi connectivity index (χ1n) is 5.90. The maximum Gasteiger partial charge on any atom is 0.257 e. The van der Waals surface area contributed by atoms with E-state index >= 15 is 0 Å². The molecule has 1 aromatic rings. The van der Waals surface area contributed by atoms with Gasteiger partial charge in [-0.1, -0.05) is 13.8 Å². The van der Waals surface area contributed by atoms with Crippen LogP contribution >= 0.6 is 0 Å². The molecule has 1 amide bonds. The SMILES string of the molecule is CCN(CC(C)(C)CN)C(=O)c1cn[nH]c1C. The molecule has 0 aliphatic carbocycles. The number of hydrogen-bond acceptors (Lipinski definition) is 3. The predicted molar refractivity (Wildman–Crippen MR) is 67.7 cm³/mol. The van der Waals surface area contributed by atoms with E-state index in [2.05, 4.69) is 24.0 Å². The maximum absolute atomic E-state index is 12.3. The number of carbonyl (C=O) groups excluding carboxylic acids is 1. The highest BCUT2D eigenvalue weighted by Gasteiger charge is 2.24. The summed E-state index contributed by atoms with van der Waals surface area (Å²) in [6.45, 7) is 9.83. The van der Waals surface area contributed by atoms with Gasteiger partial charge in [0.05, 0.1) is 11.8 Å². The second kappa shape index (κ2) is 5.31. The highest BCUT2D eigenvalue weighted by molar-refractivity contribution is 5.95. The molecular weight excluding hydrogens is 216 g/mol. The summed E-state index contributed by atoms with van der Waals surface area (Å²) in [6, 6.07) is 0. The van der Waals surface area contributed by atoms with E-state index in [9.17, 15) is 4.79 Å². The maximum atomic E-state index is 12.3. The number of nitrogens with two attached hydrogens (primary N) is 1. The third-order valence-electron chi connectivity index (χ3n) is 2.90. The third-order valence-corrected chi connectivity index (χ3v) is 2.90. The lowest BCUT2D eigenvalue weighted by Crippen LogP contribution is -2.42. The van der Waals surface area contributed by atoms with Gasteiger partial charge in [-0.25, -0.2) is 0 Å². The third kappa shape index (κ3) is 3.30. The van der Waals surface area contributed by atoms with Gasteiger partial charge >= 0.3 is 0 Å². The van der Waals surface area contributed by atoms with Crippen LogP contribution in [0, 0.1) is 12.3 Å². The topological polar surface area (TPSA) is 75.0 Å². The first-order valence-corrected chi connectivity index (χ1v) is 5.90. The second-order valence-corrected chi connectivity index (χ2v) is 5.10. The number of hydrogen-bond donors (Lipinski definition) is 2. The van der Waals surface area contributed by atoms with Gasteiger partial charge in [0.25, 0.3) is 5.91 Å². The molecule has 0 spiro atoms. The van der Waals surface area contributed by atoms with E-state index in [4.69, 9.17) is 5.73 Å². The number of nitrogens with one attached hydrogen (secondary N) is 1. The monoisotopic (exact) mass is 238 g/mol. The van der Waals surface area contributed by atoms with E-state index in [1.54, 1.807) is 6.20 Å². The molecule has 5 heteroatoms. The van der Waals surface area contributed by atoms with Gasteiger partial charge in [-0.15, -0.1) is 0 Å². The van der Waals surface area contributed by atoms with Crippen molar-refractivity contribution >= 4 is 5.91 Å². The summed E-state index contributed by atoms with van der Waals surface area (Å²) in [7, 11) is 0. The van der Waals surface area contributed by atoms with Crippen LogP contribution in [0.2, 0.25) is 0 Å². The normalized spacial score (nSPS) is 11.6. The average molecular weight is 238 g/mol. The Bertz CT molecular complexity index is 384. The van der Waals surface area contributed by atoms with E-state index in [1.807, 2.05) is 18.7 Å². The van der Waals surface area contributed by atoms with Gasteiger partial charge in [-0.2, -0.15) is 5.10 Å². The van der Waals surface area contributed by atoms with Crippen molar-refractivity contribution in [3.63, 3.8) is 0 Å². The molecule has 96 valence electrons. The van der Waals surface area contributed by atoms with Crippen molar-refractivity contribution in [1.82, 2.24) is 15.1 Å². The fraction of sp³-hybridized carbons (Fsp3) is 0.667. The molecule has 0 radical (unpaired) electrons. The van der Waals surface area contributed by atoms with Crippen molar-refractivity contribution < 1.29 is 4.79 Å². The number of nitrogens with zero attached hydrogens (tertiary/aromatic N) is 2. The van der Waals surface area contributed by atoms with Crippen LogP contribution in [-0.4, -0.2) is 40.6 Å². The van der Waals surface area contributed by atoms with Crippen LogP contribution in [0.5, 0.6) is 0 Å². The van der Waals surface area contributed by atoms with E-state index in [-0.39, 0.29) is 11.3 Å². The van der Waals surface area contributed by atoms with Crippen LogP contribution in [0.3, 0.4) is 0 Å². The van der Waals surface area contributed by atoms with E-state index in [0.717, 1.165) is 5.69 Å². The summed E-state index contributed by atoms with van der Waals surface area (Å²) >= 11 is 0. The van der Waals surface area contributed by atoms with E-state index < -0.39 is 0 Å². The molecule has 0 atom stereocenters. The lowest BCUT2D eigenvalue weighted by Gasteiger charge is -2.31. The molecule has 5 nitrogen and oxygen atoms in total. The molecule has 17 heavy (non-hydrogen) atoms. The van der Waals surface area contributed by atoms with Crippen molar-refractivity contribution in [1.29, 1.82) is 0 Å². The number of rotatable bonds is 5. The van der Waals surface area contributed by atoms with Gasteiger partial charge in [0.15, 0.2) is 0 Å². The number of aromatic amines is 1. The summed E-state index contributed by atoms with van der Waals surface area (Å²) in [4.78, 5) is 14.1. The molecular formula is C12H22N4O. The minimum Gasteiger partial charge on any atom is -0.338 e. The second-order valence-electron chi connectivity index (χ2n) is 5.10. The number of carbonyl (C=O) groups is 1. The quantitative estimate of drug-likeness (QED) is 0.808. The molecule has 0 aromatic carbocycles. The molecule has 0 aliphatic heterocycles. The number of H-pyrrole nitrogens is 1. The fourth-order valence-electron chi connectivity index (χ4n) is 1.65. The number of amides is 1. The Balaban J connectivity index is 2.82. The number of aryl methyl sites for hydroxylation is 1. The van der Waals surface area contributed by atoms with E-state index in [1.165, 1.54) is 0 Å². The van der Waals surface area contributed by atoms with Gasteiger partial charge in [0, 0.05) is 18.8 Å². The molecule has 1 rings (SSSR count). The molecule has 1 heterocycles. The molecule has 0 saturated heterocycles. The van der Waals surface area contributed by atoms with Gasteiger partial charge in [-0.05, 0) is 25.8 Å². The highest BCUT2D eigenvalue weighted by Crippen LogP contribution is 2.17. The molecule has 3 N–H and O–H groups in total. The summed E-state index contributed by atoms with van der Waals surface area (Å²) < 4.78 is 0. The minimum absolute atomic E-state index is 0.0141. The smallest absolute Gasteiger partial charge is 0.257 e. The van der Waals surface area contributed by atoms with Crippen molar-refractivity contribution in [3.05, 3.63) is 17.5 Å². The van der Waals surface area contributed by atoms with Gasteiger partial charge < -0.3 is 10.6 Å². The summed E-state index contributed by atoms with van der Waals surface area (Å²) in [6.07, 6.45) is 1.58. The zero-order valence-corrected chi connectivity index (χ0v) is 11.1. The molecule has 0 bridgehead atoms. The zero-order chi connectivity index (χ0) is 13.1. The van der Waals surface area contributed by atoms with Gasteiger partial charge in [0.1, 0.15) is 0 Å². The van der Waals surface area contributed by atoms with Crippen molar-refractivity contribution in [2.75, 3.05) is 19.6 Å². The Morgan fingerprint density at radius 3 is 2.65 bits per heavy atom. The average Bonchev–Trinajstić information content (AvgIpc) is 2.71. The molecule has 1 aromatic heterocycles. The minimum atomic E-state index is -0.0662. The molecule has 0 fully saturated rings. The highest BCUT2D eigenvalue weighted by atomic mass is 16.2. The Morgan fingerprint density at radius 2 is 2.24 bits per heavy atom. The van der Waals surface area contributed by atoms with Crippen molar-refractivity contribution in [2.45, 2.75) is 27.7 Å². The predicted octanol–water partition coefficient (Wildman–Crippen LogP) is 1.17. The summed E-state index contributed by atoms with van der Waals surface area (Å²) in [5.74, 6) is 0.0141. The first kappa shape index (κ1) is 13.7. The Morgan fingerprint density at radius 1 is 1.59 bits per heavy atom. The Labute approximate surface area is 102 Å². The largest absolute Gasteiger partial charge is 0.338 e. The van der Waals surface area contributed by atoms with Crippen LogP contribution in [0.1, 0.15) is 36.8 Å². The summed E-state index contributed by atoms with van der Waals surface area (Å²) in [5.41, 5.74) is 7.08. The van der Waals surface area contributed by atoms with Crippen LogP contribution < -0.4 is 5.73 Å². The molecule has 0 aliphatic rings. The fourth-order valence-corrected chi connectivity index (χ4v) is 1.65. The van der Waals surface area contributed by atoms with Gasteiger partial charge in [0.2, 0.25) is 0 Å². The molecule has 0 unspecified atom stereocenters. The van der Waals surface area contributed by atoms with Crippen molar-refractivity contribution in [2.24, 2.45) is 11.1 Å². The van der Waals surface area contributed by atoms with E-state index in [0.29, 0.717) is 25.2 Å². The first-order chi connectivity index (χ1) is 7.91.